The maximum absolute atomic E-state index is 6.26. The van der Waals surface area contributed by atoms with Crippen molar-refractivity contribution < 1.29 is 0 Å². The number of rotatable bonds is 4. The fourth-order valence-electron chi connectivity index (χ4n) is 1.87. The second-order valence-electron chi connectivity index (χ2n) is 4.01. The van der Waals surface area contributed by atoms with Crippen molar-refractivity contribution in [2.45, 2.75) is 17.4 Å². The number of benzene rings is 1. The summed E-state index contributed by atoms with van der Waals surface area (Å²) >= 11 is 1.73. The van der Waals surface area contributed by atoms with Gasteiger partial charge in [0.1, 0.15) is 5.82 Å². The van der Waals surface area contributed by atoms with Gasteiger partial charge in [0.15, 0.2) is 0 Å². The molecular weight excluding hydrogens is 230 g/mol. The standard InChI is InChI=1S/C13H17N3S/c1-16-8-7-15-13(16)9-11(14)10-5-3-4-6-12(10)17-2/h3-8,11H,9,14H2,1-2H3. The van der Waals surface area contributed by atoms with Crippen molar-refractivity contribution in [2.75, 3.05) is 6.26 Å². The molecule has 17 heavy (non-hydrogen) atoms. The number of hydrogen-bond donors (Lipinski definition) is 1. The van der Waals surface area contributed by atoms with Crippen LogP contribution in [0.5, 0.6) is 0 Å². The van der Waals surface area contributed by atoms with Crippen molar-refractivity contribution in [1.82, 2.24) is 9.55 Å². The Balaban J connectivity index is 2.20. The van der Waals surface area contributed by atoms with Crippen LogP contribution >= 0.6 is 11.8 Å². The Morgan fingerprint density at radius 3 is 2.82 bits per heavy atom. The fourth-order valence-corrected chi connectivity index (χ4v) is 2.54. The molecule has 0 amide bonds. The molecule has 0 aliphatic carbocycles. The lowest BCUT2D eigenvalue weighted by Gasteiger charge is -2.15. The summed E-state index contributed by atoms with van der Waals surface area (Å²) in [7, 11) is 2.00. The molecule has 0 aliphatic heterocycles. The molecule has 1 heterocycles. The second-order valence-corrected chi connectivity index (χ2v) is 4.86. The molecule has 4 heteroatoms. The minimum Gasteiger partial charge on any atom is -0.338 e. The smallest absolute Gasteiger partial charge is 0.110 e. The van der Waals surface area contributed by atoms with E-state index < -0.39 is 0 Å². The average molecular weight is 247 g/mol. The quantitative estimate of drug-likeness (QED) is 0.844. The summed E-state index contributed by atoms with van der Waals surface area (Å²) in [6.45, 7) is 0. The van der Waals surface area contributed by atoms with E-state index in [1.54, 1.807) is 11.8 Å². The SMILES string of the molecule is CSc1ccccc1C(N)Cc1nccn1C. The van der Waals surface area contributed by atoms with Crippen LogP contribution in [0.15, 0.2) is 41.6 Å². The first-order chi connectivity index (χ1) is 8.22. The van der Waals surface area contributed by atoms with Gasteiger partial charge in [-0.1, -0.05) is 18.2 Å². The van der Waals surface area contributed by atoms with E-state index in [1.807, 2.05) is 36.1 Å². The number of nitrogens with two attached hydrogens (primary N) is 1. The molecule has 1 unspecified atom stereocenters. The highest BCUT2D eigenvalue weighted by molar-refractivity contribution is 7.98. The van der Waals surface area contributed by atoms with Crippen molar-refractivity contribution in [3.05, 3.63) is 48.0 Å². The molecule has 1 aromatic heterocycles. The van der Waals surface area contributed by atoms with Gasteiger partial charge in [0.05, 0.1) is 0 Å². The minimum absolute atomic E-state index is 0.000231. The predicted octanol–water partition coefficient (Wildman–Crippen LogP) is 2.38. The first-order valence-electron chi connectivity index (χ1n) is 5.57. The molecule has 0 fully saturated rings. The topological polar surface area (TPSA) is 43.8 Å². The lowest BCUT2D eigenvalue weighted by atomic mass is 10.0. The zero-order chi connectivity index (χ0) is 12.3. The van der Waals surface area contributed by atoms with Gasteiger partial charge in [0.2, 0.25) is 0 Å². The summed E-state index contributed by atoms with van der Waals surface area (Å²) < 4.78 is 2.02. The first-order valence-corrected chi connectivity index (χ1v) is 6.79. The third-order valence-corrected chi connectivity index (χ3v) is 3.67. The Bertz CT molecular complexity index is 493. The normalized spacial score (nSPS) is 12.6. The molecule has 0 aliphatic rings. The van der Waals surface area contributed by atoms with Gasteiger partial charge >= 0.3 is 0 Å². The molecule has 2 N–H and O–H groups in total. The zero-order valence-electron chi connectivity index (χ0n) is 10.1. The van der Waals surface area contributed by atoms with E-state index in [0.717, 1.165) is 12.2 Å². The largest absolute Gasteiger partial charge is 0.338 e. The first kappa shape index (κ1) is 12.2. The molecule has 0 bridgehead atoms. The molecule has 90 valence electrons. The van der Waals surface area contributed by atoms with Crippen LogP contribution in [0.1, 0.15) is 17.4 Å². The van der Waals surface area contributed by atoms with Gasteiger partial charge in [0.25, 0.3) is 0 Å². The second kappa shape index (κ2) is 5.38. The summed E-state index contributed by atoms with van der Waals surface area (Å²) in [6, 6.07) is 8.29. The van der Waals surface area contributed by atoms with Crippen LogP contribution in [-0.2, 0) is 13.5 Å². The third kappa shape index (κ3) is 2.70. The minimum atomic E-state index is -0.000231. The zero-order valence-corrected chi connectivity index (χ0v) is 10.9. The monoisotopic (exact) mass is 247 g/mol. The Hall–Kier alpha value is -1.26. The van der Waals surface area contributed by atoms with E-state index in [2.05, 4.69) is 23.4 Å². The molecule has 0 saturated carbocycles. The van der Waals surface area contributed by atoms with Gasteiger partial charge in [-0.25, -0.2) is 4.98 Å². The van der Waals surface area contributed by atoms with Crippen LogP contribution in [0, 0.1) is 0 Å². The Morgan fingerprint density at radius 1 is 1.41 bits per heavy atom. The summed E-state index contributed by atoms with van der Waals surface area (Å²) in [6.07, 6.45) is 6.60. The van der Waals surface area contributed by atoms with E-state index in [-0.39, 0.29) is 6.04 Å². The van der Waals surface area contributed by atoms with Crippen molar-refractivity contribution in [1.29, 1.82) is 0 Å². The average Bonchev–Trinajstić information content (AvgIpc) is 2.75. The number of aromatic nitrogens is 2. The number of hydrogen-bond acceptors (Lipinski definition) is 3. The summed E-state index contributed by atoms with van der Waals surface area (Å²) in [5.41, 5.74) is 7.46. The molecule has 1 atom stereocenters. The number of thioether (sulfide) groups is 1. The van der Waals surface area contributed by atoms with Crippen molar-refractivity contribution >= 4 is 11.8 Å². The summed E-state index contributed by atoms with van der Waals surface area (Å²) in [5, 5.41) is 0. The van der Waals surface area contributed by atoms with Crippen LogP contribution in [-0.4, -0.2) is 15.8 Å². The molecular formula is C13H17N3S. The highest BCUT2D eigenvalue weighted by Crippen LogP contribution is 2.26. The Kier molecular flexibility index (Phi) is 3.86. The van der Waals surface area contributed by atoms with E-state index in [1.165, 1.54) is 10.5 Å². The number of aryl methyl sites for hydroxylation is 1. The highest BCUT2D eigenvalue weighted by atomic mass is 32.2. The van der Waals surface area contributed by atoms with Crippen molar-refractivity contribution in [3.63, 3.8) is 0 Å². The lowest BCUT2D eigenvalue weighted by molar-refractivity contribution is 0.651. The number of nitrogens with zero attached hydrogens (tertiary/aromatic N) is 2. The predicted molar refractivity (Wildman–Crippen MR) is 72.1 cm³/mol. The molecule has 0 radical (unpaired) electrons. The van der Waals surface area contributed by atoms with Crippen LogP contribution in [0.4, 0.5) is 0 Å². The maximum atomic E-state index is 6.26. The highest BCUT2D eigenvalue weighted by Gasteiger charge is 2.13. The Labute approximate surface area is 106 Å². The maximum Gasteiger partial charge on any atom is 0.110 e. The molecule has 2 aromatic rings. The molecule has 1 aromatic carbocycles. The van der Waals surface area contributed by atoms with Crippen LogP contribution in [0.25, 0.3) is 0 Å². The van der Waals surface area contributed by atoms with E-state index in [4.69, 9.17) is 5.73 Å². The fraction of sp³-hybridized carbons (Fsp3) is 0.308. The van der Waals surface area contributed by atoms with E-state index in [0.29, 0.717) is 0 Å². The Morgan fingerprint density at radius 2 is 2.18 bits per heavy atom. The lowest BCUT2D eigenvalue weighted by Crippen LogP contribution is -2.16. The molecule has 0 saturated heterocycles. The van der Waals surface area contributed by atoms with Gasteiger partial charge in [-0.15, -0.1) is 11.8 Å². The third-order valence-electron chi connectivity index (χ3n) is 2.86. The van der Waals surface area contributed by atoms with Gasteiger partial charge in [0, 0.05) is 36.8 Å². The van der Waals surface area contributed by atoms with Gasteiger partial charge in [-0.2, -0.15) is 0 Å². The molecule has 3 nitrogen and oxygen atoms in total. The van der Waals surface area contributed by atoms with E-state index in [9.17, 15) is 0 Å². The van der Waals surface area contributed by atoms with Crippen LogP contribution in [0.2, 0.25) is 0 Å². The van der Waals surface area contributed by atoms with Gasteiger partial charge in [-0.05, 0) is 17.9 Å². The van der Waals surface area contributed by atoms with Crippen molar-refractivity contribution in [2.24, 2.45) is 12.8 Å². The number of imidazole rings is 1. The summed E-state index contributed by atoms with van der Waals surface area (Å²) in [4.78, 5) is 5.56. The van der Waals surface area contributed by atoms with Gasteiger partial charge in [-0.3, -0.25) is 0 Å². The van der Waals surface area contributed by atoms with Gasteiger partial charge < -0.3 is 10.3 Å². The summed E-state index contributed by atoms with van der Waals surface area (Å²) in [5.74, 6) is 1.02. The van der Waals surface area contributed by atoms with Crippen molar-refractivity contribution in [3.8, 4) is 0 Å². The van der Waals surface area contributed by atoms with Crippen LogP contribution in [0.3, 0.4) is 0 Å². The van der Waals surface area contributed by atoms with E-state index >= 15 is 0 Å². The van der Waals surface area contributed by atoms with Crippen LogP contribution < -0.4 is 5.73 Å². The molecule has 0 spiro atoms. The molecule has 2 rings (SSSR count).